The Morgan fingerprint density at radius 1 is 1.25 bits per heavy atom. The molecule has 2 fully saturated rings. The zero-order valence-corrected chi connectivity index (χ0v) is 12.5. The summed E-state index contributed by atoms with van der Waals surface area (Å²) < 4.78 is 4.15. The van der Waals surface area contributed by atoms with Crippen molar-refractivity contribution in [3.05, 3.63) is 10.0 Å². The van der Waals surface area contributed by atoms with Gasteiger partial charge >= 0.3 is 6.03 Å². The second-order valence-electron chi connectivity index (χ2n) is 5.31. The molecule has 20 heavy (non-hydrogen) atoms. The van der Waals surface area contributed by atoms with Crippen LogP contribution in [-0.4, -0.2) is 32.0 Å². The summed E-state index contributed by atoms with van der Waals surface area (Å²) in [5.41, 5.74) is -0.227. The second kappa shape index (κ2) is 5.29. The first-order valence-corrected chi connectivity index (χ1v) is 7.88. The molecule has 2 heterocycles. The van der Waals surface area contributed by atoms with Gasteiger partial charge in [0.1, 0.15) is 15.6 Å². The van der Waals surface area contributed by atoms with Gasteiger partial charge in [0.25, 0.3) is 5.91 Å². The molecular formula is C12H15ClN4O2S. The standard InChI is InChI=1S/C12H15ClN4O2S/c13-9-8(15-16-20-9)7-17-10(18)12(14-11(17)19)5-3-1-2-4-6-12/h1-7H2,(H,14,19). The average Bonchev–Trinajstić information content (AvgIpc) is 2.80. The lowest BCUT2D eigenvalue weighted by Crippen LogP contribution is -2.46. The van der Waals surface area contributed by atoms with Gasteiger partial charge in [-0.25, -0.2) is 4.79 Å². The average molecular weight is 315 g/mol. The van der Waals surface area contributed by atoms with E-state index in [-0.39, 0.29) is 18.5 Å². The van der Waals surface area contributed by atoms with Crippen molar-refractivity contribution in [2.24, 2.45) is 0 Å². The number of urea groups is 1. The third-order valence-electron chi connectivity index (χ3n) is 4.02. The molecule has 1 saturated carbocycles. The fourth-order valence-electron chi connectivity index (χ4n) is 2.93. The number of aromatic nitrogens is 2. The molecule has 8 heteroatoms. The molecule has 2 aliphatic rings. The normalized spacial score (nSPS) is 22.1. The summed E-state index contributed by atoms with van der Waals surface area (Å²) in [4.78, 5) is 26.0. The van der Waals surface area contributed by atoms with Crippen molar-refractivity contribution in [1.82, 2.24) is 19.8 Å². The maximum atomic E-state index is 12.6. The molecule has 3 rings (SSSR count). The molecule has 1 spiro atoms. The third kappa shape index (κ3) is 2.29. The van der Waals surface area contributed by atoms with Crippen LogP contribution >= 0.6 is 23.1 Å². The van der Waals surface area contributed by atoms with E-state index in [4.69, 9.17) is 11.6 Å². The first kappa shape index (κ1) is 13.8. The molecule has 1 saturated heterocycles. The largest absolute Gasteiger partial charge is 0.325 e. The predicted octanol–water partition coefficient (Wildman–Crippen LogP) is 2.34. The maximum Gasteiger partial charge on any atom is 0.325 e. The summed E-state index contributed by atoms with van der Waals surface area (Å²) in [5.74, 6) is -0.145. The lowest BCUT2D eigenvalue weighted by atomic mass is 9.90. The summed E-state index contributed by atoms with van der Waals surface area (Å²) in [5, 5.41) is 6.75. The summed E-state index contributed by atoms with van der Waals surface area (Å²) in [7, 11) is 0. The minimum Gasteiger partial charge on any atom is -0.323 e. The summed E-state index contributed by atoms with van der Waals surface area (Å²) in [6, 6.07) is -0.346. The molecule has 3 amide bonds. The molecule has 0 aromatic carbocycles. The topological polar surface area (TPSA) is 75.2 Å². The van der Waals surface area contributed by atoms with E-state index in [0.717, 1.165) is 50.1 Å². The SMILES string of the molecule is O=C1NC2(CCCCCC2)C(=O)N1Cc1nnsc1Cl. The molecule has 0 atom stereocenters. The number of hydrogen-bond donors (Lipinski definition) is 1. The van der Waals surface area contributed by atoms with E-state index >= 15 is 0 Å². The number of halogens is 1. The Bertz CT molecular complexity index is 539. The Morgan fingerprint density at radius 2 is 1.95 bits per heavy atom. The van der Waals surface area contributed by atoms with E-state index < -0.39 is 5.54 Å². The van der Waals surface area contributed by atoms with Crippen molar-refractivity contribution in [1.29, 1.82) is 0 Å². The van der Waals surface area contributed by atoms with Crippen molar-refractivity contribution in [3.63, 3.8) is 0 Å². The van der Waals surface area contributed by atoms with Crippen molar-refractivity contribution in [2.75, 3.05) is 0 Å². The van der Waals surface area contributed by atoms with E-state index in [2.05, 4.69) is 14.9 Å². The summed E-state index contributed by atoms with van der Waals surface area (Å²) in [6.07, 6.45) is 5.62. The number of hydrogen-bond acceptors (Lipinski definition) is 5. The van der Waals surface area contributed by atoms with E-state index in [1.165, 1.54) is 4.90 Å². The number of carbonyl (C=O) groups is 2. The number of imide groups is 1. The van der Waals surface area contributed by atoms with Crippen LogP contribution in [0.2, 0.25) is 4.34 Å². The first-order chi connectivity index (χ1) is 9.62. The Morgan fingerprint density at radius 3 is 2.55 bits per heavy atom. The highest BCUT2D eigenvalue weighted by molar-refractivity contribution is 7.10. The smallest absolute Gasteiger partial charge is 0.323 e. The fraction of sp³-hybridized carbons (Fsp3) is 0.667. The van der Waals surface area contributed by atoms with Crippen LogP contribution in [0.25, 0.3) is 0 Å². The molecule has 1 aromatic rings. The molecule has 0 unspecified atom stereocenters. The van der Waals surface area contributed by atoms with Crippen LogP contribution in [-0.2, 0) is 11.3 Å². The number of nitrogens with zero attached hydrogens (tertiary/aromatic N) is 3. The van der Waals surface area contributed by atoms with E-state index in [0.29, 0.717) is 10.0 Å². The highest BCUT2D eigenvalue weighted by atomic mass is 35.5. The van der Waals surface area contributed by atoms with E-state index in [9.17, 15) is 9.59 Å². The Kier molecular flexibility index (Phi) is 3.64. The molecule has 6 nitrogen and oxygen atoms in total. The van der Waals surface area contributed by atoms with Crippen LogP contribution in [0.15, 0.2) is 0 Å². The van der Waals surface area contributed by atoms with Gasteiger partial charge < -0.3 is 5.32 Å². The highest BCUT2D eigenvalue weighted by Gasteiger charge is 2.50. The number of rotatable bonds is 2. The van der Waals surface area contributed by atoms with Gasteiger partial charge in [0.15, 0.2) is 0 Å². The zero-order valence-electron chi connectivity index (χ0n) is 10.9. The van der Waals surface area contributed by atoms with Crippen molar-refractivity contribution < 1.29 is 9.59 Å². The monoisotopic (exact) mass is 314 g/mol. The molecule has 1 aliphatic carbocycles. The van der Waals surface area contributed by atoms with Crippen LogP contribution in [0.5, 0.6) is 0 Å². The van der Waals surface area contributed by atoms with Gasteiger partial charge in [-0.1, -0.05) is 41.8 Å². The van der Waals surface area contributed by atoms with Gasteiger partial charge in [-0.3, -0.25) is 9.69 Å². The van der Waals surface area contributed by atoms with Gasteiger partial charge in [-0.2, -0.15) is 0 Å². The fourth-order valence-corrected chi connectivity index (χ4v) is 3.54. The van der Waals surface area contributed by atoms with E-state index in [1.54, 1.807) is 0 Å². The lowest BCUT2D eigenvalue weighted by molar-refractivity contribution is -0.132. The van der Waals surface area contributed by atoms with Crippen molar-refractivity contribution >= 4 is 35.1 Å². The highest BCUT2D eigenvalue weighted by Crippen LogP contribution is 2.33. The lowest BCUT2D eigenvalue weighted by Gasteiger charge is -2.24. The van der Waals surface area contributed by atoms with Crippen molar-refractivity contribution in [3.8, 4) is 0 Å². The second-order valence-corrected chi connectivity index (χ2v) is 6.67. The van der Waals surface area contributed by atoms with Gasteiger partial charge in [0.2, 0.25) is 0 Å². The molecule has 1 aliphatic heterocycles. The van der Waals surface area contributed by atoms with Crippen molar-refractivity contribution in [2.45, 2.75) is 50.6 Å². The Balaban J connectivity index is 1.81. The number of nitrogens with one attached hydrogen (secondary N) is 1. The van der Waals surface area contributed by atoms with Crippen LogP contribution in [0.1, 0.15) is 44.2 Å². The Labute approximate surface area is 125 Å². The molecule has 0 radical (unpaired) electrons. The molecular weight excluding hydrogens is 300 g/mol. The summed E-state index contributed by atoms with van der Waals surface area (Å²) in [6.45, 7) is 0.0990. The molecule has 1 aromatic heterocycles. The van der Waals surface area contributed by atoms with Gasteiger partial charge in [-0.05, 0) is 12.8 Å². The van der Waals surface area contributed by atoms with Crippen LogP contribution in [0, 0.1) is 0 Å². The van der Waals surface area contributed by atoms with Gasteiger partial charge in [-0.15, -0.1) is 5.10 Å². The van der Waals surface area contributed by atoms with Gasteiger partial charge in [0, 0.05) is 11.5 Å². The molecule has 0 bridgehead atoms. The minimum absolute atomic E-state index is 0.0990. The van der Waals surface area contributed by atoms with Crippen LogP contribution in [0.4, 0.5) is 4.79 Å². The molecule has 1 N–H and O–H groups in total. The van der Waals surface area contributed by atoms with Crippen LogP contribution in [0.3, 0.4) is 0 Å². The Hall–Kier alpha value is -1.21. The van der Waals surface area contributed by atoms with Crippen LogP contribution < -0.4 is 5.32 Å². The van der Waals surface area contributed by atoms with Gasteiger partial charge in [0.05, 0.1) is 6.54 Å². The summed E-state index contributed by atoms with van der Waals surface area (Å²) >= 11 is 7.00. The third-order valence-corrected chi connectivity index (χ3v) is 5.00. The minimum atomic E-state index is -0.705. The predicted molar refractivity (Wildman–Crippen MR) is 74.4 cm³/mol. The number of carbonyl (C=O) groups excluding carboxylic acids is 2. The first-order valence-electron chi connectivity index (χ1n) is 6.73. The van der Waals surface area contributed by atoms with E-state index in [1.807, 2.05) is 0 Å². The number of amides is 3. The quantitative estimate of drug-likeness (QED) is 0.850. The zero-order chi connectivity index (χ0) is 14.2. The molecule has 108 valence electrons. The maximum absolute atomic E-state index is 12.6.